The number of carbonyl (C=O) groups is 5. The van der Waals surface area contributed by atoms with Gasteiger partial charge in [-0.3, -0.25) is 24.0 Å². The zero-order valence-corrected chi connectivity index (χ0v) is 69.0. The number of unbranched alkanes of at least 4 members (excludes halogenated alkanes) is 62. The van der Waals surface area contributed by atoms with Crippen LogP contribution in [0.2, 0.25) is 0 Å². The van der Waals surface area contributed by atoms with E-state index in [4.69, 9.17) is 25.5 Å². The van der Waals surface area contributed by atoms with Gasteiger partial charge in [-0.25, -0.2) is 0 Å². The first-order valence-electron chi connectivity index (χ1n) is 45.1. The van der Waals surface area contributed by atoms with Crippen LogP contribution in [-0.2, 0) is 24.0 Å². The van der Waals surface area contributed by atoms with Crippen LogP contribution in [0.25, 0.3) is 0 Å². The third-order valence-electron chi connectivity index (χ3n) is 20.1. The van der Waals surface area contributed by atoms with Gasteiger partial charge in [0.25, 0.3) is 0 Å². The van der Waals surface area contributed by atoms with Gasteiger partial charge in [-0.2, -0.15) is 0 Å². The maximum absolute atomic E-state index is 10.3. The molecule has 0 radical (unpaired) electrons. The van der Waals surface area contributed by atoms with Gasteiger partial charge in [-0.15, -0.1) is 0 Å². The largest absolute Gasteiger partial charge is 0.481 e. The molecule has 0 fully saturated rings. The molecule has 7 N–H and O–H groups in total. The van der Waals surface area contributed by atoms with E-state index < -0.39 is 29.8 Å². The molecule has 0 saturated heterocycles. The number of hydrogen-bond donors (Lipinski definition) is 7. The SMILES string of the molecule is CCCCCCC(O)CCCCCCCCCCC(=O)O.CCCCCCC(O)CCCCCCCCCCC(=O)O.CCCCCCCCCCCCCCCCCC(=O)O.CCCCCCCCCCCCCCCCCC(=O)O.CCCCCCCCCCCCCCCCCC(=O)O. The Morgan fingerprint density at radius 3 is 0.353 bits per heavy atom. The van der Waals surface area contributed by atoms with Crippen molar-refractivity contribution in [1.82, 2.24) is 0 Å². The quantitative estimate of drug-likeness (QED) is 0.0282. The highest BCUT2D eigenvalue weighted by Gasteiger charge is 2.07. The first kappa shape index (κ1) is 108. The number of rotatable bonds is 80. The second kappa shape index (κ2) is 100. The second-order valence-corrected chi connectivity index (χ2v) is 30.8. The Bertz CT molecular complexity index is 1440. The first-order chi connectivity index (χ1) is 49.6. The van der Waals surface area contributed by atoms with Crippen LogP contribution >= 0.6 is 0 Å². The molecule has 0 bridgehead atoms. The van der Waals surface area contributed by atoms with Crippen LogP contribution in [0.15, 0.2) is 0 Å². The van der Waals surface area contributed by atoms with E-state index in [1.54, 1.807) is 0 Å². The minimum atomic E-state index is -0.678. The molecule has 2 atom stereocenters. The van der Waals surface area contributed by atoms with Crippen molar-refractivity contribution in [3.8, 4) is 0 Å². The van der Waals surface area contributed by atoms with Crippen LogP contribution in [0.1, 0.15) is 535 Å². The second-order valence-electron chi connectivity index (χ2n) is 30.8. The van der Waals surface area contributed by atoms with Crippen LogP contribution in [0.4, 0.5) is 0 Å². The summed E-state index contributed by atoms with van der Waals surface area (Å²) >= 11 is 0. The Morgan fingerprint density at radius 1 is 0.157 bits per heavy atom. The van der Waals surface area contributed by atoms with Gasteiger partial charge in [0.1, 0.15) is 0 Å². The lowest BCUT2D eigenvalue weighted by Crippen LogP contribution is -2.05. The topological polar surface area (TPSA) is 227 Å². The standard InChI is InChI=1S/2C18H36O3.3C18H36O2/c2*1-2-3-4-11-14-17(19)15-12-9-7-5-6-8-10-13-16-18(20)21;3*1-2-3-4-5-6-7-8-9-10-11-12-13-14-15-16-17-18(19)20/h2*17,19H,2-16H2,1H3,(H,20,21);3*2-17H2,1H3,(H,19,20). The number of carboxylic acid groups (broad SMARTS) is 5. The van der Waals surface area contributed by atoms with Crippen molar-refractivity contribution in [2.45, 2.75) is 548 Å². The summed E-state index contributed by atoms with van der Waals surface area (Å²) in [5.41, 5.74) is 0. The monoisotopic (exact) mass is 1450 g/mol. The minimum Gasteiger partial charge on any atom is -0.481 e. The van der Waals surface area contributed by atoms with Crippen molar-refractivity contribution in [1.29, 1.82) is 0 Å². The Labute approximate surface area is 634 Å². The van der Waals surface area contributed by atoms with Crippen LogP contribution < -0.4 is 0 Å². The summed E-state index contributed by atoms with van der Waals surface area (Å²) < 4.78 is 0. The molecule has 2 unspecified atom stereocenters. The zero-order valence-electron chi connectivity index (χ0n) is 69.0. The van der Waals surface area contributed by atoms with Gasteiger partial charge in [0, 0.05) is 32.1 Å². The molecule has 0 aromatic heterocycles. The number of hydrogen-bond acceptors (Lipinski definition) is 7. The summed E-state index contributed by atoms with van der Waals surface area (Å²) in [5, 5.41) is 62.3. The Hall–Kier alpha value is -2.73. The Kier molecular flexibility index (Phi) is 106. The van der Waals surface area contributed by atoms with Crippen LogP contribution in [0.3, 0.4) is 0 Å². The fourth-order valence-electron chi connectivity index (χ4n) is 13.3. The molecule has 0 aliphatic carbocycles. The van der Waals surface area contributed by atoms with Gasteiger partial charge >= 0.3 is 29.8 Å². The van der Waals surface area contributed by atoms with Crippen molar-refractivity contribution in [2.24, 2.45) is 0 Å². The summed E-state index contributed by atoms with van der Waals surface area (Å²) in [4.78, 5) is 51.7. The highest BCUT2D eigenvalue weighted by Crippen LogP contribution is 2.20. The minimum absolute atomic E-state index is 0.0853. The van der Waals surface area contributed by atoms with E-state index in [9.17, 15) is 34.2 Å². The lowest BCUT2D eigenvalue weighted by molar-refractivity contribution is -0.138. The molecule has 0 rings (SSSR count). The highest BCUT2D eigenvalue weighted by molar-refractivity contribution is 5.67. The molecule has 0 aromatic carbocycles. The van der Waals surface area contributed by atoms with Crippen LogP contribution in [0.5, 0.6) is 0 Å². The molecule has 12 nitrogen and oxygen atoms in total. The first-order valence-corrected chi connectivity index (χ1v) is 45.1. The number of aliphatic hydroxyl groups is 2. The molecule has 0 aliphatic heterocycles. The third kappa shape index (κ3) is 121. The molecular weight excluding hydrogens is 1270 g/mol. The van der Waals surface area contributed by atoms with E-state index in [-0.39, 0.29) is 12.2 Å². The highest BCUT2D eigenvalue weighted by atomic mass is 16.4. The van der Waals surface area contributed by atoms with Crippen molar-refractivity contribution < 1.29 is 59.7 Å². The van der Waals surface area contributed by atoms with Crippen LogP contribution in [0, 0.1) is 0 Å². The van der Waals surface area contributed by atoms with Crippen molar-refractivity contribution in [3.63, 3.8) is 0 Å². The van der Waals surface area contributed by atoms with Crippen LogP contribution in [-0.4, -0.2) is 77.8 Å². The van der Waals surface area contributed by atoms with Gasteiger partial charge in [-0.05, 0) is 57.8 Å². The normalized spacial score (nSPS) is 11.5. The van der Waals surface area contributed by atoms with E-state index >= 15 is 0 Å². The van der Waals surface area contributed by atoms with Gasteiger partial charge in [-0.1, -0.05) is 446 Å². The van der Waals surface area contributed by atoms with E-state index in [0.717, 1.165) is 116 Å². The van der Waals surface area contributed by atoms with E-state index in [0.29, 0.717) is 32.1 Å². The van der Waals surface area contributed by atoms with Gasteiger partial charge in [0.05, 0.1) is 12.2 Å². The molecule has 0 amide bonds. The lowest BCUT2D eigenvalue weighted by Gasteiger charge is -2.10. The zero-order chi connectivity index (χ0) is 76.2. The average Bonchev–Trinajstić information content (AvgIpc) is 3.61. The van der Waals surface area contributed by atoms with E-state index in [1.165, 1.54) is 353 Å². The molecule has 12 heteroatoms. The fourth-order valence-corrected chi connectivity index (χ4v) is 13.3. The van der Waals surface area contributed by atoms with Gasteiger partial charge in [0.2, 0.25) is 0 Å². The molecule has 0 spiro atoms. The number of aliphatic hydroxyl groups excluding tert-OH is 2. The maximum atomic E-state index is 10.3. The summed E-state index contributed by atoms with van der Waals surface area (Å²) in [6.07, 6.45) is 93.1. The smallest absolute Gasteiger partial charge is 0.303 e. The van der Waals surface area contributed by atoms with Gasteiger partial charge < -0.3 is 35.7 Å². The molecule has 0 heterocycles. The summed E-state index contributed by atoms with van der Waals surface area (Å²) in [5.74, 6) is -3.31. The lowest BCUT2D eigenvalue weighted by atomic mass is 10.0. The predicted octanol–water partition coefficient (Wildman–Crippen LogP) is 29.6. The molecular formula is C90H180O12. The maximum Gasteiger partial charge on any atom is 0.303 e. The Morgan fingerprint density at radius 2 is 0.245 bits per heavy atom. The third-order valence-corrected chi connectivity index (χ3v) is 20.1. The number of aliphatic carboxylic acids is 5. The molecule has 102 heavy (non-hydrogen) atoms. The molecule has 0 saturated carbocycles. The molecule has 0 aliphatic rings. The molecule has 612 valence electrons. The summed E-state index contributed by atoms with van der Waals surface area (Å²) in [7, 11) is 0. The number of carboxylic acids is 5. The summed E-state index contributed by atoms with van der Waals surface area (Å²) in [6.45, 7) is 11.2. The predicted molar refractivity (Wildman–Crippen MR) is 439 cm³/mol. The van der Waals surface area contributed by atoms with E-state index in [1.807, 2.05) is 0 Å². The Balaban J connectivity index is -0.000000384. The fraction of sp³-hybridized carbons (Fsp3) is 0.944. The van der Waals surface area contributed by atoms with Crippen molar-refractivity contribution in [2.75, 3.05) is 0 Å². The van der Waals surface area contributed by atoms with Gasteiger partial charge in [0.15, 0.2) is 0 Å². The van der Waals surface area contributed by atoms with E-state index in [2.05, 4.69) is 34.6 Å². The van der Waals surface area contributed by atoms with Crippen molar-refractivity contribution in [3.05, 3.63) is 0 Å². The average molecular weight is 1450 g/mol. The molecule has 0 aromatic rings. The van der Waals surface area contributed by atoms with Crippen molar-refractivity contribution >= 4 is 29.8 Å². The summed E-state index contributed by atoms with van der Waals surface area (Å²) in [6, 6.07) is 0.